The molecule has 0 radical (unpaired) electrons. The normalized spacial score (nSPS) is 11.4. The fourth-order valence-electron chi connectivity index (χ4n) is 2.81. The van der Waals surface area contributed by atoms with Gasteiger partial charge in [0, 0.05) is 41.6 Å². The quantitative estimate of drug-likeness (QED) is 0.502. The molecule has 3 N–H and O–H groups in total. The number of hydrogen-bond donors (Lipinski definition) is 3. The molecule has 0 atom stereocenters. The van der Waals surface area contributed by atoms with Crippen LogP contribution in [0.2, 0.25) is 5.02 Å². The number of amides is 1. The Bertz CT molecular complexity index is 1120. The standard InChI is InChI=1S/C19H20ClN5O3S/c1-29(27,28)24-8-4-13-9-17(15-5-7-22-11-16(15)19(13)20)23-12-18(26)25-14-3-2-6-21-10-14/h2-3,5-7,9-11,23-24H,4,8,12H2,1H3,(H,25,26). The van der Waals surface area contributed by atoms with Gasteiger partial charge in [0.05, 0.1) is 29.7 Å². The molecule has 2 aromatic heterocycles. The van der Waals surface area contributed by atoms with E-state index in [1.54, 1.807) is 43.0 Å². The van der Waals surface area contributed by atoms with Crippen LogP contribution in [0, 0.1) is 0 Å². The van der Waals surface area contributed by atoms with Gasteiger partial charge in [-0.25, -0.2) is 13.1 Å². The van der Waals surface area contributed by atoms with Crippen LogP contribution in [0.1, 0.15) is 5.56 Å². The van der Waals surface area contributed by atoms with Crippen molar-refractivity contribution < 1.29 is 13.2 Å². The second kappa shape index (κ2) is 9.17. The van der Waals surface area contributed by atoms with E-state index in [9.17, 15) is 13.2 Å². The van der Waals surface area contributed by atoms with Gasteiger partial charge in [-0.05, 0) is 36.2 Å². The SMILES string of the molecule is CS(=O)(=O)NCCc1cc(NCC(=O)Nc2cccnc2)c2ccncc2c1Cl. The Labute approximate surface area is 173 Å². The molecule has 1 amide bonds. The minimum absolute atomic E-state index is 0.0367. The van der Waals surface area contributed by atoms with E-state index in [1.165, 1.54) is 0 Å². The number of carbonyl (C=O) groups excluding carboxylic acids is 1. The highest BCUT2D eigenvalue weighted by Crippen LogP contribution is 2.33. The van der Waals surface area contributed by atoms with Crippen molar-refractivity contribution in [1.82, 2.24) is 14.7 Å². The Hall–Kier alpha value is -2.75. The molecule has 2 heterocycles. The van der Waals surface area contributed by atoms with Crippen molar-refractivity contribution in [3.8, 4) is 0 Å². The van der Waals surface area contributed by atoms with E-state index in [2.05, 4.69) is 25.3 Å². The number of fused-ring (bicyclic) bond motifs is 1. The first-order chi connectivity index (χ1) is 13.8. The molecule has 0 fully saturated rings. The molecule has 152 valence electrons. The topological polar surface area (TPSA) is 113 Å². The van der Waals surface area contributed by atoms with Crippen molar-refractivity contribution in [1.29, 1.82) is 0 Å². The average molecular weight is 434 g/mol. The Morgan fingerprint density at radius 3 is 2.66 bits per heavy atom. The molecule has 0 aliphatic rings. The van der Waals surface area contributed by atoms with Gasteiger partial charge in [-0.1, -0.05) is 11.6 Å². The third-order valence-electron chi connectivity index (χ3n) is 4.09. The Kier molecular flexibility index (Phi) is 6.63. The number of nitrogens with zero attached hydrogens (tertiary/aromatic N) is 2. The summed E-state index contributed by atoms with van der Waals surface area (Å²) in [7, 11) is -3.29. The van der Waals surface area contributed by atoms with Gasteiger partial charge in [0.2, 0.25) is 15.9 Å². The number of benzene rings is 1. The van der Waals surface area contributed by atoms with Crippen molar-refractivity contribution >= 4 is 49.7 Å². The summed E-state index contributed by atoms with van der Waals surface area (Å²) in [5.74, 6) is -0.226. The number of sulfonamides is 1. The monoisotopic (exact) mass is 433 g/mol. The Morgan fingerprint density at radius 1 is 1.14 bits per heavy atom. The second-order valence-electron chi connectivity index (χ2n) is 6.38. The van der Waals surface area contributed by atoms with Crippen LogP contribution >= 0.6 is 11.6 Å². The first-order valence-electron chi connectivity index (χ1n) is 8.77. The van der Waals surface area contributed by atoms with Gasteiger partial charge < -0.3 is 10.6 Å². The van der Waals surface area contributed by atoms with Gasteiger partial charge in [-0.15, -0.1) is 0 Å². The minimum atomic E-state index is -3.29. The maximum atomic E-state index is 12.2. The van der Waals surface area contributed by atoms with Crippen molar-refractivity contribution in [2.45, 2.75) is 6.42 Å². The van der Waals surface area contributed by atoms with E-state index in [1.807, 2.05) is 6.07 Å². The van der Waals surface area contributed by atoms with Gasteiger partial charge in [0.1, 0.15) is 0 Å². The highest BCUT2D eigenvalue weighted by atomic mass is 35.5. The molecule has 10 heteroatoms. The molecular weight excluding hydrogens is 414 g/mol. The van der Waals surface area contributed by atoms with Crippen LogP contribution in [0.3, 0.4) is 0 Å². The van der Waals surface area contributed by atoms with Crippen molar-refractivity contribution in [3.63, 3.8) is 0 Å². The molecule has 0 aliphatic carbocycles. The first kappa shape index (κ1) is 21.0. The number of anilines is 2. The van der Waals surface area contributed by atoms with E-state index >= 15 is 0 Å². The summed E-state index contributed by atoms with van der Waals surface area (Å²) in [6, 6.07) is 7.12. The van der Waals surface area contributed by atoms with E-state index in [-0.39, 0.29) is 19.0 Å². The summed E-state index contributed by atoms with van der Waals surface area (Å²) in [5, 5.41) is 7.93. The molecule has 3 aromatic rings. The van der Waals surface area contributed by atoms with E-state index in [4.69, 9.17) is 11.6 Å². The lowest BCUT2D eigenvalue weighted by molar-refractivity contribution is -0.114. The fourth-order valence-corrected chi connectivity index (χ4v) is 3.58. The van der Waals surface area contributed by atoms with Crippen LogP contribution in [-0.2, 0) is 21.2 Å². The number of rotatable bonds is 8. The Morgan fingerprint density at radius 2 is 1.93 bits per heavy atom. The number of hydrogen-bond acceptors (Lipinski definition) is 6. The molecule has 29 heavy (non-hydrogen) atoms. The highest BCUT2D eigenvalue weighted by Gasteiger charge is 2.13. The number of nitrogens with one attached hydrogen (secondary N) is 3. The number of aromatic nitrogens is 2. The summed E-state index contributed by atoms with van der Waals surface area (Å²) < 4.78 is 25.0. The smallest absolute Gasteiger partial charge is 0.243 e. The van der Waals surface area contributed by atoms with Gasteiger partial charge >= 0.3 is 0 Å². The molecule has 1 aromatic carbocycles. The van der Waals surface area contributed by atoms with Crippen molar-refractivity contribution in [2.75, 3.05) is 30.0 Å². The molecule has 0 unspecified atom stereocenters. The predicted octanol–water partition coefficient (Wildman–Crippen LogP) is 2.43. The predicted molar refractivity (Wildman–Crippen MR) is 115 cm³/mol. The van der Waals surface area contributed by atoms with E-state index < -0.39 is 10.0 Å². The highest BCUT2D eigenvalue weighted by molar-refractivity contribution is 7.88. The third-order valence-corrected chi connectivity index (χ3v) is 5.27. The van der Waals surface area contributed by atoms with Crippen LogP contribution in [0.25, 0.3) is 10.8 Å². The molecule has 0 bridgehead atoms. The zero-order chi connectivity index (χ0) is 20.9. The summed E-state index contributed by atoms with van der Waals surface area (Å²) in [4.78, 5) is 20.3. The largest absolute Gasteiger partial charge is 0.376 e. The third kappa shape index (κ3) is 5.86. The number of halogens is 1. The lowest BCUT2D eigenvalue weighted by Gasteiger charge is -2.15. The molecular formula is C19H20ClN5O3S. The summed E-state index contributed by atoms with van der Waals surface area (Å²) in [6.07, 6.45) is 7.98. The van der Waals surface area contributed by atoms with Gasteiger partial charge in [-0.3, -0.25) is 14.8 Å². The van der Waals surface area contributed by atoms with E-state index in [0.717, 1.165) is 22.6 Å². The maximum Gasteiger partial charge on any atom is 0.243 e. The lowest BCUT2D eigenvalue weighted by Crippen LogP contribution is -2.24. The Balaban J connectivity index is 1.78. The second-order valence-corrected chi connectivity index (χ2v) is 8.59. The molecule has 3 rings (SSSR count). The summed E-state index contributed by atoms with van der Waals surface area (Å²) >= 11 is 6.50. The molecule has 0 spiro atoms. The van der Waals surface area contributed by atoms with Crippen LogP contribution < -0.4 is 15.4 Å². The molecule has 0 saturated carbocycles. The summed E-state index contributed by atoms with van der Waals surface area (Å²) in [5.41, 5.74) is 2.07. The lowest BCUT2D eigenvalue weighted by atomic mass is 10.0. The summed E-state index contributed by atoms with van der Waals surface area (Å²) in [6.45, 7) is 0.250. The van der Waals surface area contributed by atoms with Crippen molar-refractivity contribution in [3.05, 3.63) is 59.6 Å². The molecule has 0 saturated heterocycles. The fraction of sp³-hybridized carbons (Fsp3) is 0.211. The maximum absolute atomic E-state index is 12.2. The number of carbonyl (C=O) groups is 1. The minimum Gasteiger partial charge on any atom is -0.376 e. The number of pyridine rings is 2. The van der Waals surface area contributed by atoms with Crippen LogP contribution in [0.4, 0.5) is 11.4 Å². The van der Waals surface area contributed by atoms with Gasteiger partial charge in [-0.2, -0.15) is 0 Å². The van der Waals surface area contributed by atoms with Crippen LogP contribution in [0.5, 0.6) is 0 Å². The zero-order valence-corrected chi connectivity index (χ0v) is 17.2. The molecule has 0 aliphatic heterocycles. The van der Waals surface area contributed by atoms with E-state index in [0.29, 0.717) is 22.8 Å². The van der Waals surface area contributed by atoms with Gasteiger partial charge in [0.15, 0.2) is 0 Å². The zero-order valence-electron chi connectivity index (χ0n) is 15.6. The molecule has 8 nitrogen and oxygen atoms in total. The van der Waals surface area contributed by atoms with Crippen LogP contribution in [0.15, 0.2) is 49.1 Å². The van der Waals surface area contributed by atoms with Crippen molar-refractivity contribution in [2.24, 2.45) is 0 Å². The first-order valence-corrected chi connectivity index (χ1v) is 11.0. The average Bonchev–Trinajstić information content (AvgIpc) is 2.69. The van der Waals surface area contributed by atoms with Gasteiger partial charge in [0.25, 0.3) is 0 Å². The van der Waals surface area contributed by atoms with Crippen LogP contribution in [-0.4, -0.2) is 43.6 Å².